The van der Waals surface area contributed by atoms with Gasteiger partial charge < -0.3 is 0 Å². The summed E-state index contributed by atoms with van der Waals surface area (Å²) in [4.78, 5) is 11.0. The maximum absolute atomic E-state index is 11.0. The lowest BCUT2D eigenvalue weighted by molar-refractivity contribution is -0.109. The van der Waals surface area contributed by atoms with Gasteiger partial charge in [0, 0.05) is 24.7 Å². The Balaban J connectivity index is 3.22. The number of rotatable bonds is 5. The van der Waals surface area contributed by atoms with Crippen LogP contribution in [0.1, 0.15) is 94.9 Å². The first kappa shape index (κ1) is 19.8. The van der Waals surface area contributed by atoms with Crippen LogP contribution in [0.2, 0.25) is 0 Å². The van der Waals surface area contributed by atoms with E-state index < -0.39 is 0 Å². The van der Waals surface area contributed by atoms with Crippen molar-refractivity contribution in [1.82, 2.24) is 0 Å². The Morgan fingerprint density at radius 3 is 1.91 bits per heavy atom. The summed E-state index contributed by atoms with van der Waals surface area (Å²) in [5.41, 5.74) is 5.31. The molecule has 0 saturated heterocycles. The number of thioether (sulfide) groups is 1. The van der Waals surface area contributed by atoms with Crippen molar-refractivity contribution >= 4 is 16.9 Å². The number of carbonyl (C=O) groups excluding carboxylic acids is 1. The Morgan fingerprint density at radius 1 is 1.00 bits per heavy atom. The van der Waals surface area contributed by atoms with Crippen LogP contribution in [0.15, 0.2) is 12.1 Å². The SMILES string of the molecule is CC(=O)SCCC#Cc1c(C(C)C)cc(C(C)C)cc1C(C)C. The van der Waals surface area contributed by atoms with Crippen LogP contribution in [0, 0.1) is 11.8 Å². The van der Waals surface area contributed by atoms with Crippen LogP contribution < -0.4 is 0 Å². The van der Waals surface area contributed by atoms with Crippen molar-refractivity contribution in [3.8, 4) is 11.8 Å². The molecule has 0 unspecified atom stereocenters. The van der Waals surface area contributed by atoms with E-state index in [0.717, 1.165) is 12.2 Å². The molecule has 0 heterocycles. The van der Waals surface area contributed by atoms with E-state index in [4.69, 9.17) is 0 Å². The molecule has 1 rings (SSSR count). The second kappa shape index (κ2) is 9.18. The summed E-state index contributed by atoms with van der Waals surface area (Å²) >= 11 is 1.35. The quantitative estimate of drug-likeness (QED) is 0.481. The first-order valence-electron chi connectivity index (χ1n) is 8.54. The van der Waals surface area contributed by atoms with Crippen molar-refractivity contribution in [3.63, 3.8) is 0 Å². The molecule has 0 aliphatic carbocycles. The number of hydrogen-bond donors (Lipinski definition) is 0. The van der Waals surface area contributed by atoms with Crippen molar-refractivity contribution in [2.45, 2.75) is 72.6 Å². The smallest absolute Gasteiger partial charge is 0.185 e. The fourth-order valence-electron chi connectivity index (χ4n) is 2.50. The van der Waals surface area contributed by atoms with E-state index in [-0.39, 0.29) is 5.12 Å². The molecule has 0 bridgehead atoms. The number of hydrogen-bond acceptors (Lipinski definition) is 2. The zero-order valence-electron chi connectivity index (χ0n) is 15.6. The molecule has 0 N–H and O–H groups in total. The average Bonchev–Trinajstić information content (AvgIpc) is 2.45. The Morgan fingerprint density at radius 2 is 1.52 bits per heavy atom. The fraction of sp³-hybridized carbons (Fsp3) is 0.571. The molecular weight excluding hydrogens is 300 g/mol. The van der Waals surface area contributed by atoms with E-state index in [0.29, 0.717) is 17.8 Å². The van der Waals surface area contributed by atoms with Crippen LogP contribution in [-0.4, -0.2) is 10.9 Å². The summed E-state index contributed by atoms with van der Waals surface area (Å²) in [6.07, 6.45) is 0.755. The maximum atomic E-state index is 11.0. The average molecular weight is 331 g/mol. The normalized spacial score (nSPS) is 11.0. The summed E-state index contributed by atoms with van der Waals surface area (Å²) in [5, 5.41) is 0.166. The highest BCUT2D eigenvalue weighted by Gasteiger charge is 2.15. The molecule has 0 radical (unpaired) electrons. The van der Waals surface area contributed by atoms with Gasteiger partial charge in [0.25, 0.3) is 0 Å². The van der Waals surface area contributed by atoms with Gasteiger partial charge in [0.1, 0.15) is 0 Å². The summed E-state index contributed by atoms with van der Waals surface area (Å²) in [7, 11) is 0. The van der Waals surface area contributed by atoms with Gasteiger partial charge in [-0.3, -0.25) is 4.79 Å². The maximum Gasteiger partial charge on any atom is 0.185 e. The van der Waals surface area contributed by atoms with Crippen LogP contribution >= 0.6 is 11.8 Å². The zero-order chi connectivity index (χ0) is 17.6. The Bertz CT molecular complexity index is 571. The fourth-order valence-corrected chi connectivity index (χ4v) is 2.99. The van der Waals surface area contributed by atoms with Crippen molar-refractivity contribution in [2.75, 3.05) is 5.75 Å². The Hall–Kier alpha value is -1.20. The van der Waals surface area contributed by atoms with Gasteiger partial charge in [-0.15, -0.1) is 0 Å². The largest absolute Gasteiger partial charge is 0.288 e. The highest BCUT2D eigenvalue weighted by molar-refractivity contribution is 8.13. The molecule has 1 aromatic rings. The summed E-state index contributed by atoms with van der Waals surface area (Å²) in [6, 6.07) is 4.66. The molecular formula is C21H30OS. The topological polar surface area (TPSA) is 17.1 Å². The highest BCUT2D eigenvalue weighted by Crippen LogP contribution is 2.31. The predicted octanol–water partition coefficient (Wildman–Crippen LogP) is 6.08. The Kier molecular flexibility index (Phi) is 7.92. The van der Waals surface area contributed by atoms with Gasteiger partial charge in [-0.1, -0.05) is 77.3 Å². The van der Waals surface area contributed by atoms with Crippen molar-refractivity contribution < 1.29 is 4.79 Å². The van der Waals surface area contributed by atoms with E-state index in [1.807, 2.05) is 0 Å². The standard InChI is InChI=1S/C21H30OS/c1-14(2)18-12-20(15(3)4)19(21(13-18)16(5)6)10-8-9-11-23-17(7)22/h12-16H,9,11H2,1-7H3. The Labute approximate surface area is 146 Å². The van der Waals surface area contributed by atoms with Gasteiger partial charge >= 0.3 is 0 Å². The lowest BCUT2D eigenvalue weighted by Gasteiger charge is -2.20. The molecule has 0 aliphatic heterocycles. The summed E-state index contributed by atoms with van der Waals surface area (Å²) in [6.45, 7) is 15.0. The van der Waals surface area contributed by atoms with Crippen LogP contribution in [0.3, 0.4) is 0 Å². The van der Waals surface area contributed by atoms with Gasteiger partial charge in [0.15, 0.2) is 5.12 Å². The molecule has 0 aliphatic rings. The minimum atomic E-state index is 0.166. The number of benzene rings is 1. The molecule has 0 atom stereocenters. The van der Waals surface area contributed by atoms with Crippen LogP contribution in [0.5, 0.6) is 0 Å². The lowest BCUT2D eigenvalue weighted by Crippen LogP contribution is -2.04. The van der Waals surface area contributed by atoms with Gasteiger partial charge in [-0.05, 0) is 34.4 Å². The molecule has 0 amide bonds. The number of carbonyl (C=O) groups is 1. The molecule has 126 valence electrons. The van der Waals surface area contributed by atoms with Crippen LogP contribution in [0.4, 0.5) is 0 Å². The predicted molar refractivity (Wildman–Crippen MR) is 103 cm³/mol. The van der Waals surface area contributed by atoms with Crippen LogP contribution in [0.25, 0.3) is 0 Å². The summed E-state index contributed by atoms with van der Waals surface area (Å²) < 4.78 is 0. The third kappa shape index (κ3) is 6.07. The minimum Gasteiger partial charge on any atom is -0.288 e. The van der Waals surface area contributed by atoms with Crippen LogP contribution in [-0.2, 0) is 4.79 Å². The molecule has 0 fully saturated rings. The first-order chi connectivity index (χ1) is 10.7. The minimum absolute atomic E-state index is 0.166. The van der Waals surface area contributed by atoms with E-state index in [2.05, 4.69) is 65.5 Å². The van der Waals surface area contributed by atoms with E-state index in [1.54, 1.807) is 6.92 Å². The monoisotopic (exact) mass is 330 g/mol. The molecule has 0 saturated carbocycles. The molecule has 23 heavy (non-hydrogen) atoms. The second-order valence-electron chi connectivity index (χ2n) is 6.93. The lowest BCUT2D eigenvalue weighted by atomic mass is 9.84. The molecule has 0 spiro atoms. The third-order valence-corrected chi connectivity index (χ3v) is 4.69. The van der Waals surface area contributed by atoms with Crippen molar-refractivity contribution in [2.24, 2.45) is 0 Å². The molecule has 0 aromatic heterocycles. The van der Waals surface area contributed by atoms with Crippen molar-refractivity contribution in [3.05, 3.63) is 34.4 Å². The summed E-state index contributed by atoms with van der Waals surface area (Å²) in [5.74, 6) is 8.91. The van der Waals surface area contributed by atoms with Gasteiger partial charge in [0.05, 0.1) is 0 Å². The molecule has 2 heteroatoms. The molecule has 1 nitrogen and oxygen atoms in total. The molecule has 1 aromatic carbocycles. The van der Waals surface area contributed by atoms with E-state index in [9.17, 15) is 4.79 Å². The highest BCUT2D eigenvalue weighted by atomic mass is 32.2. The second-order valence-corrected chi connectivity index (χ2v) is 8.20. The third-order valence-electron chi connectivity index (χ3n) is 3.88. The van der Waals surface area contributed by atoms with Gasteiger partial charge in [-0.25, -0.2) is 0 Å². The van der Waals surface area contributed by atoms with Gasteiger partial charge in [0.2, 0.25) is 0 Å². The zero-order valence-corrected chi connectivity index (χ0v) is 16.4. The van der Waals surface area contributed by atoms with E-state index in [1.165, 1.54) is 34.0 Å². The van der Waals surface area contributed by atoms with E-state index >= 15 is 0 Å². The van der Waals surface area contributed by atoms with Gasteiger partial charge in [-0.2, -0.15) is 0 Å². The first-order valence-corrected chi connectivity index (χ1v) is 9.52. The van der Waals surface area contributed by atoms with Crippen molar-refractivity contribution in [1.29, 1.82) is 0 Å².